The van der Waals surface area contributed by atoms with Gasteiger partial charge in [-0.3, -0.25) is 4.79 Å². The molecule has 0 saturated heterocycles. The van der Waals surface area contributed by atoms with Gasteiger partial charge in [-0.2, -0.15) is 0 Å². The van der Waals surface area contributed by atoms with Crippen molar-refractivity contribution >= 4 is 5.97 Å². The smallest absolute Gasteiger partial charge is 0.327 e. The van der Waals surface area contributed by atoms with E-state index < -0.39 is 12.0 Å². The highest BCUT2D eigenvalue weighted by atomic mass is 16.5. The largest absolute Gasteiger partial charge is 0.459 e. The second-order valence-corrected chi connectivity index (χ2v) is 2.85. The van der Waals surface area contributed by atoms with Crippen LogP contribution >= 0.6 is 0 Å². The van der Waals surface area contributed by atoms with Crippen LogP contribution in [0.3, 0.4) is 0 Å². The SMILES string of the molecule is C=CC(N)C(=O)OCc1ccccc1. The van der Waals surface area contributed by atoms with Gasteiger partial charge < -0.3 is 10.5 Å². The van der Waals surface area contributed by atoms with E-state index in [0.717, 1.165) is 5.56 Å². The zero-order chi connectivity index (χ0) is 10.4. The van der Waals surface area contributed by atoms with E-state index in [4.69, 9.17) is 10.5 Å². The number of carbonyl (C=O) groups is 1. The molecule has 1 atom stereocenters. The number of carbonyl (C=O) groups excluding carboxylic acids is 1. The van der Waals surface area contributed by atoms with E-state index in [2.05, 4.69) is 6.58 Å². The Morgan fingerprint density at radius 3 is 2.71 bits per heavy atom. The van der Waals surface area contributed by atoms with Crippen LogP contribution in [0.2, 0.25) is 0 Å². The van der Waals surface area contributed by atoms with Gasteiger partial charge in [-0.05, 0) is 5.56 Å². The zero-order valence-corrected chi connectivity index (χ0v) is 7.85. The van der Waals surface area contributed by atoms with Gasteiger partial charge >= 0.3 is 5.97 Å². The molecule has 0 aliphatic carbocycles. The topological polar surface area (TPSA) is 52.3 Å². The maximum atomic E-state index is 11.1. The van der Waals surface area contributed by atoms with Crippen molar-refractivity contribution in [2.24, 2.45) is 5.73 Å². The molecule has 1 aromatic carbocycles. The van der Waals surface area contributed by atoms with Crippen LogP contribution in [-0.2, 0) is 16.1 Å². The lowest BCUT2D eigenvalue weighted by Crippen LogP contribution is -2.29. The number of esters is 1. The molecular weight excluding hydrogens is 178 g/mol. The number of rotatable bonds is 4. The van der Waals surface area contributed by atoms with Crippen LogP contribution in [0, 0.1) is 0 Å². The van der Waals surface area contributed by atoms with Gasteiger partial charge in [0.25, 0.3) is 0 Å². The van der Waals surface area contributed by atoms with Crippen molar-refractivity contribution in [3.8, 4) is 0 Å². The molecule has 1 rings (SSSR count). The lowest BCUT2D eigenvalue weighted by molar-refractivity contribution is -0.145. The molecule has 0 amide bonds. The summed E-state index contributed by atoms with van der Waals surface area (Å²) >= 11 is 0. The third-order valence-corrected chi connectivity index (χ3v) is 1.75. The van der Waals surface area contributed by atoms with Crippen molar-refractivity contribution in [2.75, 3.05) is 0 Å². The van der Waals surface area contributed by atoms with Crippen LogP contribution in [-0.4, -0.2) is 12.0 Å². The second kappa shape index (κ2) is 5.19. The van der Waals surface area contributed by atoms with Gasteiger partial charge in [-0.15, -0.1) is 6.58 Å². The molecule has 1 aromatic rings. The highest BCUT2D eigenvalue weighted by molar-refractivity contribution is 5.77. The van der Waals surface area contributed by atoms with Crippen LogP contribution < -0.4 is 5.73 Å². The van der Waals surface area contributed by atoms with Gasteiger partial charge in [0.15, 0.2) is 0 Å². The number of hydrogen-bond donors (Lipinski definition) is 1. The summed E-state index contributed by atoms with van der Waals surface area (Å²) in [4.78, 5) is 11.1. The molecule has 3 heteroatoms. The van der Waals surface area contributed by atoms with E-state index in [1.54, 1.807) is 0 Å². The second-order valence-electron chi connectivity index (χ2n) is 2.85. The third-order valence-electron chi connectivity index (χ3n) is 1.75. The molecule has 0 radical (unpaired) electrons. The molecule has 0 heterocycles. The van der Waals surface area contributed by atoms with Crippen molar-refractivity contribution in [1.29, 1.82) is 0 Å². The first-order valence-electron chi connectivity index (χ1n) is 4.32. The molecule has 2 N–H and O–H groups in total. The fraction of sp³-hybridized carbons (Fsp3) is 0.182. The Bertz CT molecular complexity index is 308. The molecule has 0 aromatic heterocycles. The average Bonchev–Trinajstić information content (AvgIpc) is 2.26. The Hall–Kier alpha value is -1.61. The van der Waals surface area contributed by atoms with Crippen LogP contribution in [0.4, 0.5) is 0 Å². The van der Waals surface area contributed by atoms with Crippen molar-refractivity contribution in [2.45, 2.75) is 12.6 Å². The number of benzene rings is 1. The van der Waals surface area contributed by atoms with E-state index in [0.29, 0.717) is 0 Å². The lowest BCUT2D eigenvalue weighted by Gasteiger charge is -2.07. The first-order chi connectivity index (χ1) is 6.74. The van der Waals surface area contributed by atoms with Crippen molar-refractivity contribution in [3.63, 3.8) is 0 Å². The first kappa shape index (κ1) is 10.5. The van der Waals surface area contributed by atoms with Crippen LogP contribution in [0.1, 0.15) is 5.56 Å². The molecule has 3 nitrogen and oxygen atoms in total. The van der Waals surface area contributed by atoms with Crippen LogP contribution in [0.15, 0.2) is 43.0 Å². The van der Waals surface area contributed by atoms with Crippen molar-refractivity contribution in [1.82, 2.24) is 0 Å². The van der Waals surface area contributed by atoms with E-state index in [-0.39, 0.29) is 6.61 Å². The summed E-state index contributed by atoms with van der Waals surface area (Å²) < 4.78 is 4.95. The number of ether oxygens (including phenoxy) is 1. The minimum Gasteiger partial charge on any atom is -0.459 e. The summed E-state index contributed by atoms with van der Waals surface area (Å²) in [5, 5.41) is 0. The van der Waals surface area contributed by atoms with Gasteiger partial charge in [0.1, 0.15) is 12.6 Å². The normalized spacial score (nSPS) is 11.8. The summed E-state index contributed by atoms with van der Waals surface area (Å²) in [6.07, 6.45) is 1.35. The summed E-state index contributed by atoms with van der Waals surface area (Å²) in [6.45, 7) is 3.66. The fourth-order valence-electron chi connectivity index (χ4n) is 0.921. The molecular formula is C11H13NO2. The predicted octanol–water partition coefficient (Wildman–Crippen LogP) is 1.24. The first-order valence-corrected chi connectivity index (χ1v) is 4.32. The summed E-state index contributed by atoms with van der Waals surface area (Å²) in [5.41, 5.74) is 6.33. The van der Waals surface area contributed by atoms with E-state index >= 15 is 0 Å². The standard InChI is InChI=1S/C11H13NO2/c1-2-10(12)11(13)14-8-9-6-4-3-5-7-9/h2-7,10H,1,8,12H2. The molecule has 0 bridgehead atoms. The monoisotopic (exact) mass is 191 g/mol. The summed E-state index contributed by atoms with van der Waals surface area (Å²) in [5.74, 6) is -0.455. The van der Waals surface area contributed by atoms with Gasteiger partial charge in [-0.25, -0.2) is 0 Å². The molecule has 1 unspecified atom stereocenters. The van der Waals surface area contributed by atoms with Gasteiger partial charge in [0.2, 0.25) is 0 Å². The maximum Gasteiger partial charge on any atom is 0.327 e. The van der Waals surface area contributed by atoms with E-state index in [9.17, 15) is 4.79 Å². The number of hydrogen-bond acceptors (Lipinski definition) is 3. The molecule has 0 aliphatic heterocycles. The highest BCUT2D eigenvalue weighted by Gasteiger charge is 2.09. The summed E-state index contributed by atoms with van der Waals surface area (Å²) in [6, 6.07) is 8.70. The molecule has 0 spiro atoms. The molecule has 74 valence electrons. The molecule has 0 aliphatic rings. The van der Waals surface area contributed by atoms with E-state index in [1.165, 1.54) is 6.08 Å². The Kier molecular flexibility index (Phi) is 3.88. The highest BCUT2D eigenvalue weighted by Crippen LogP contribution is 2.01. The van der Waals surface area contributed by atoms with Crippen LogP contribution in [0.5, 0.6) is 0 Å². The van der Waals surface area contributed by atoms with Crippen molar-refractivity contribution < 1.29 is 9.53 Å². The molecule has 0 saturated carbocycles. The maximum absolute atomic E-state index is 11.1. The molecule has 14 heavy (non-hydrogen) atoms. The average molecular weight is 191 g/mol. The quantitative estimate of drug-likeness (QED) is 0.575. The Morgan fingerprint density at radius 1 is 1.50 bits per heavy atom. The Labute approximate surface area is 83.2 Å². The molecule has 0 fully saturated rings. The lowest BCUT2D eigenvalue weighted by atomic mass is 10.2. The summed E-state index contributed by atoms with van der Waals surface area (Å²) in [7, 11) is 0. The van der Waals surface area contributed by atoms with E-state index in [1.807, 2.05) is 30.3 Å². The van der Waals surface area contributed by atoms with Gasteiger partial charge in [0.05, 0.1) is 0 Å². The Balaban J connectivity index is 2.42. The Morgan fingerprint density at radius 2 is 2.14 bits per heavy atom. The minimum absolute atomic E-state index is 0.251. The van der Waals surface area contributed by atoms with Crippen LogP contribution in [0.25, 0.3) is 0 Å². The fourth-order valence-corrected chi connectivity index (χ4v) is 0.921. The van der Waals surface area contributed by atoms with Gasteiger partial charge in [-0.1, -0.05) is 36.4 Å². The number of nitrogens with two attached hydrogens (primary N) is 1. The van der Waals surface area contributed by atoms with Gasteiger partial charge in [0, 0.05) is 0 Å². The predicted molar refractivity (Wildman–Crippen MR) is 54.4 cm³/mol. The third kappa shape index (κ3) is 3.03. The zero-order valence-electron chi connectivity index (χ0n) is 7.85. The minimum atomic E-state index is -0.737. The van der Waals surface area contributed by atoms with Crippen molar-refractivity contribution in [3.05, 3.63) is 48.6 Å².